The second-order valence-corrected chi connectivity index (χ2v) is 9.68. The Bertz CT molecular complexity index is 963. The third-order valence-corrected chi connectivity index (χ3v) is 7.00. The van der Waals surface area contributed by atoms with Crippen LogP contribution in [0.2, 0.25) is 0 Å². The van der Waals surface area contributed by atoms with Crippen LogP contribution < -0.4 is 9.88 Å². The molecule has 0 radical (unpaired) electrons. The van der Waals surface area contributed by atoms with Crippen LogP contribution in [0.25, 0.3) is 0 Å². The fraction of sp³-hybridized carbons (Fsp3) is 0.429. The SMILES string of the molecule is COC[C@@H]1CCCN1Cc1cc(S(N)(=O)=O)ccc1Oc1ccc(SC)c(C)c1. The topological polar surface area (TPSA) is 81.9 Å². The summed E-state index contributed by atoms with van der Waals surface area (Å²) in [7, 11) is -2.09. The zero-order chi connectivity index (χ0) is 21.0. The van der Waals surface area contributed by atoms with Crippen LogP contribution in [0.3, 0.4) is 0 Å². The van der Waals surface area contributed by atoms with Crippen molar-refractivity contribution in [2.24, 2.45) is 5.14 Å². The van der Waals surface area contributed by atoms with Crippen molar-refractivity contribution in [3.05, 3.63) is 47.5 Å². The summed E-state index contributed by atoms with van der Waals surface area (Å²) in [5, 5.41) is 5.36. The Morgan fingerprint density at radius 2 is 2.03 bits per heavy atom. The van der Waals surface area contributed by atoms with Gasteiger partial charge in [0.15, 0.2) is 0 Å². The summed E-state index contributed by atoms with van der Waals surface area (Å²) >= 11 is 1.69. The predicted octanol–water partition coefficient (Wildman–Crippen LogP) is 3.77. The van der Waals surface area contributed by atoms with Crippen molar-refractivity contribution in [1.82, 2.24) is 4.90 Å². The van der Waals surface area contributed by atoms with Gasteiger partial charge in [-0.15, -0.1) is 11.8 Å². The molecule has 158 valence electrons. The average molecular weight is 437 g/mol. The van der Waals surface area contributed by atoms with Crippen LogP contribution in [0.15, 0.2) is 46.2 Å². The van der Waals surface area contributed by atoms with Crippen molar-refractivity contribution >= 4 is 21.8 Å². The lowest BCUT2D eigenvalue weighted by molar-refractivity contribution is 0.111. The fourth-order valence-electron chi connectivity index (χ4n) is 3.70. The normalized spacial score (nSPS) is 17.6. The van der Waals surface area contributed by atoms with Crippen LogP contribution in [0.5, 0.6) is 11.5 Å². The van der Waals surface area contributed by atoms with Crippen molar-refractivity contribution in [2.75, 3.05) is 26.5 Å². The highest BCUT2D eigenvalue weighted by Gasteiger charge is 2.26. The average Bonchev–Trinajstić information content (AvgIpc) is 3.09. The summed E-state index contributed by atoms with van der Waals surface area (Å²) in [6.07, 6.45) is 4.20. The number of aryl methyl sites for hydroxylation is 1. The van der Waals surface area contributed by atoms with Gasteiger partial charge in [-0.1, -0.05) is 0 Å². The summed E-state index contributed by atoms with van der Waals surface area (Å²) in [6, 6.07) is 11.1. The Hall–Kier alpha value is -1.58. The number of nitrogens with zero attached hydrogens (tertiary/aromatic N) is 1. The van der Waals surface area contributed by atoms with Crippen molar-refractivity contribution in [1.29, 1.82) is 0 Å². The zero-order valence-corrected chi connectivity index (χ0v) is 18.7. The molecular formula is C21H28N2O4S2. The third-order valence-electron chi connectivity index (χ3n) is 5.19. The molecule has 6 nitrogen and oxygen atoms in total. The van der Waals surface area contributed by atoms with Gasteiger partial charge in [-0.05, 0) is 74.5 Å². The number of methoxy groups -OCH3 is 1. The van der Waals surface area contributed by atoms with Crippen LogP contribution in [0.4, 0.5) is 0 Å². The molecule has 0 amide bonds. The predicted molar refractivity (Wildman–Crippen MR) is 116 cm³/mol. The summed E-state index contributed by atoms with van der Waals surface area (Å²) in [4.78, 5) is 3.60. The number of hydrogen-bond acceptors (Lipinski definition) is 6. The minimum atomic E-state index is -3.79. The van der Waals surface area contributed by atoms with Gasteiger partial charge in [-0.25, -0.2) is 13.6 Å². The molecule has 0 spiro atoms. The first-order chi connectivity index (χ1) is 13.8. The number of nitrogens with two attached hydrogens (primary N) is 1. The number of sulfonamides is 1. The van der Waals surface area contributed by atoms with Gasteiger partial charge in [0.1, 0.15) is 11.5 Å². The minimum absolute atomic E-state index is 0.0937. The molecule has 1 atom stereocenters. The molecule has 0 bridgehead atoms. The minimum Gasteiger partial charge on any atom is -0.457 e. The Balaban J connectivity index is 1.92. The molecule has 1 saturated heterocycles. The van der Waals surface area contributed by atoms with Crippen LogP contribution in [-0.2, 0) is 21.3 Å². The Morgan fingerprint density at radius 1 is 1.24 bits per heavy atom. The highest BCUT2D eigenvalue weighted by atomic mass is 32.2. The van der Waals surface area contributed by atoms with Gasteiger partial charge >= 0.3 is 0 Å². The summed E-state index contributed by atoms with van der Waals surface area (Å²) in [5.74, 6) is 1.36. The van der Waals surface area contributed by atoms with Crippen LogP contribution in [0, 0.1) is 6.92 Å². The largest absolute Gasteiger partial charge is 0.457 e. The lowest BCUT2D eigenvalue weighted by atomic mass is 10.1. The first kappa shape index (κ1) is 22.1. The van der Waals surface area contributed by atoms with E-state index in [0.29, 0.717) is 24.9 Å². The number of ether oxygens (including phenoxy) is 2. The monoisotopic (exact) mass is 436 g/mol. The summed E-state index contributed by atoms with van der Waals surface area (Å²) < 4.78 is 35.3. The van der Waals surface area contributed by atoms with E-state index in [2.05, 4.69) is 4.90 Å². The van der Waals surface area contributed by atoms with Gasteiger partial charge in [0, 0.05) is 30.2 Å². The molecule has 0 unspecified atom stereocenters. The van der Waals surface area contributed by atoms with E-state index in [1.807, 2.05) is 31.4 Å². The molecular weight excluding hydrogens is 408 g/mol. The molecule has 0 saturated carbocycles. The van der Waals surface area contributed by atoms with Crippen LogP contribution in [-0.4, -0.2) is 45.9 Å². The quantitative estimate of drug-likeness (QED) is 0.635. The molecule has 8 heteroatoms. The summed E-state index contributed by atoms with van der Waals surface area (Å²) in [5.41, 5.74) is 1.93. The van der Waals surface area contributed by atoms with Crippen molar-refractivity contribution in [2.45, 2.75) is 42.1 Å². The number of rotatable bonds is 8. The van der Waals surface area contributed by atoms with E-state index in [0.717, 1.165) is 36.3 Å². The number of thioether (sulfide) groups is 1. The maximum atomic E-state index is 11.9. The molecule has 1 fully saturated rings. The van der Waals surface area contributed by atoms with Crippen LogP contribution in [0.1, 0.15) is 24.0 Å². The van der Waals surface area contributed by atoms with E-state index in [-0.39, 0.29) is 4.90 Å². The lowest BCUT2D eigenvalue weighted by Crippen LogP contribution is -2.32. The van der Waals surface area contributed by atoms with Crippen LogP contribution >= 0.6 is 11.8 Å². The molecule has 0 aromatic heterocycles. The molecule has 2 aromatic carbocycles. The van der Waals surface area contributed by atoms with Crippen molar-refractivity contribution in [3.63, 3.8) is 0 Å². The van der Waals surface area contributed by atoms with E-state index in [4.69, 9.17) is 14.6 Å². The zero-order valence-electron chi connectivity index (χ0n) is 17.1. The Kier molecular flexibility index (Phi) is 7.23. The van der Waals surface area contributed by atoms with E-state index in [9.17, 15) is 8.42 Å². The van der Waals surface area contributed by atoms with E-state index in [1.165, 1.54) is 11.0 Å². The van der Waals surface area contributed by atoms with Crippen molar-refractivity contribution < 1.29 is 17.9 Å². The maximum Gasteiger partial charge on any atom is 0.238 e. The molecule has 29 heavy (non-hydrogen) atoms. The third kappa shape index (κ3) is 5.52. The van der Waals surface area contributed by atoms with Gasteiger partial charge in [-0.3, -0.25) is 4.90 Å². The Labute approximate surface area is 177 Å². The highest BCUT2D eigenvalue weighted by molar-refractivity contribution is 7.98. The first-order valence-corrected chi connectivity index (χ1v) is 12.3. The molecule has 1 aliphatic rings. The standard InChI is InChI=1S/C21H28N2O4S2/c1-15-11-18(6-9-21(15)28-3)27-20-8-7-19(29(22,24)25)12-16(20)13-23-10-4-5-17(23)14-26-2/h6-9,11-12,17H,4-5,10,13-14H2,1-3H3,(H2,22,24,25)/t17-/m0/s1. The van der Waals surface area contributed by atoms with Gasteiger partial charge in [-0.2, -0.15) is 0 Å². The van der Waals surface area contributed by atoms with Gasteiger partial charge in [0.2, 0.25) is 10.0 Å². The first-order valence-electron chi connectivity index (χ1n) is 9.53. The molecule has 1 heterocycles. The molecule has 0 aliphatic carbocycles. The van der Waals surface area contributed by atoms with Gasteiger partial charge in [0.25, 0.3) is 0 Å². The van der Waals surface area contributed by atoms with Gasteiger partial charge in [0.05, 0.1) is 11.5 Å². The summed E-state index contributed by atoms with van der Waals surface area (Å²) in [6.45, 7) is 4.22. The number of likely N-dealkylation sites (tertiary alicyclic amines) is 1. The Morgan fingerprint density at radius 3 is 2.69 bits per heavy atom. The second-order valence-electron chi connectivity index (χ2n) is 7.27. The van der Waals surface area contributed by atoms with Gasteiger partial charge < -0.3 is 9.47 Å². The second kappa shape index (κ2) is 9.49. The van der Waals surface area contributed by atoms with E-state index in [1.54, 1.807) is 31.0 Å². The maximum absolute atomic E-state index is 11.9. The number of hydrogen-bond donors (Lipinski definition) is 1. The molecule has 2 aromatic rings. The molecule has 1 aliphatic heterocycles. The van der Waals surface area contributed by atoms with Crippen molar-refractivity contribution in [3.8, 4) is 11.5 Å². The van der Waals surface area contributed by atoms with E-state index < -0.39 is 10.0 Å². The lowest BCUT2D eigenvalue weighted by Gasteiger charge is -2.25. The van der Waals surface area contributed by atoms with E-state index >= 15 is 0 Å². The molecule has 3 rings (SSSR count). The smallest absolute Gasteiger partial charge is 0.238 e. The number of benzene rings is 2. The number of primary sulfonamides is 1. The molecule has 2 N–H and O–H groups in total. The highest BCUT2D eigenvalue weighted by Crippen LogP contribution is 2.32. The fourth-order valence-corrected chi connectivity index (χ4v) is 4.85.